The van der Waals surface area contributed by atoms with Gasteiger partial charge in [-0.15, -0.1) is 0 Å². The molecule has 0 rings (SSSR count). The van der Waals surface area contributed by atoms with Crippen LogP contribution in [-0.2, 0) is 4.43 Å². The lowest BCUT2D eigenvalue weighted by Gasteiger charge is -2.32. The van der Waals surface area contributed by atoms with Gasteiger partial charge in [0.2, 0.25) is 8.32 Å². The third kappa shape index (κ3) is 5.10. The minimum atomic E-state index is -1.73. The second kappa shape index (κ2) is 3.83. The number of amides is 1. The topological polar surface area (TPSA) is 29.5 Å². The molecule has 1 amide bonds. The molecule has 0 atom stereocenters. The zero-order chi connectivity index (χ0) is 10.9. The lowest BCUT2D eigenvalue weighted by molar-refractivity contribution is 0.181. The average Bonchev–Trinajstić information content (AvgIpc) is 1.79. The standard InChI is InChI=1S/C8H21NO2Si2/c1-9(12(2,3)4)8(10)11-13(5,6)7/h1-7H3. The van der Waals surface area contributed by atoms with Crippen molar-refractivity contribution in [1.29, 1.82) is 0 Å². The number of carbonyl (C=O) groups is 1. The van der Waals surface area contributed by atoms with Crippen molar-refractivity contribution < 1.29 is 9.22 Å². The molecule has 0 unspecified atom stereocenters. The molecule has 0 aliphatic heterocycles. The summed E-state index contributed by atoms with van der Waals surface area (Å²) in [5.74, 6) is 0. The van der Waals surface area contributed by atoms with Gasteiger partial charge in [-0.1, -0.05) is 19.6 Å². The van der Waals surface area contributed by atoms with Crippen molar-refractivity contribution in [2.24, 2.45) is 0 Å². The highest BCUT2D eigenvalue weighted by Gasteiger charge is 2.29. The summed E-state index contributed by atoms with van der Waals surface area (Å²) in [5.41, 5.74) is 0. The molecule has 0 radical (unpaired) electrons. The molecule has 3 nitrogen and oxygen atoms in total. The first-order valence-corrected chi connectivity index (χ1v) is 11.4. The van der Waals surface area contributed by atoms with E-state index in [0.717, 1.165) is 0 Å². The van der Waals surface area contributed by atoms with E-state index < -0.39 is 16.6 Å². The molecule has 0 heterocycles. The van der Waals surface area contributed by atoms with Crippen molar-refractivity contribution in [3.05, 3.63) is 0 Å². The molecule has 0 bridgehead atoms. The Bertz CT molecular complexity index is 193. The van der Waals surface area contributed by atoms with Gasteiger partial charge in [-0.2, -0.15) is 0 Å². The van der Waals surface area contributed by atoms with Crippen LogP contribution in [0.4, 0.5) is 4.79 Å². The molecule has 13 heavy (non-hydrogen) atoms. The first-order chi connectivity index (χ1) is 5.54. The Morgan fingerprint density at radius 3 is 1.69 bits per heavy atom. The number of hydrogen-bond donors (Lipinski definition) is 0. The van der Waals surface area contributed by atoms with E-state index in [1.54, 1.807) is 4.57 Å². The maximum Gasteiger partial charge on any atom is 0.387 e. The molecule has 0 spiro atoms. The Morgan fingerprint density at radius 2 is 1.46 bits per heavy atom. The summed E-state index contributed by atoms with van der Waals surface area (Å²) in [4.78, 5) is 11.6. The number of nitrogens with zero attached hydrogens (tertiary/aromatic N) is 1. The number of rotatable bonds is 2. The van der Waals surface area contributed by atoms with E-state index in [-0.39, 0.29) is 6.09 Å². The molecule has 0 saturated carbocycles. The van der Waals surface area contributed by atoms with Crippen LogP contribution in [0, 0.1) is 0 Å². The van der Waals surface area contributed by atoms with Gasteiger partial charge in [0, 0.05) is 7.05 Å². The zero-order valence-corrected chi connectivity index (χ0v) is 11.8. The van der Waals surface area contributed by atoms with E-state index in [4.69, 9.17) is 4.43 Å². The highest BCUT2D eigenvalue weighted by molar-refractivity contribution is 6.76. The third-order valence-electron chi connectivity index (χ3n) is 1.67. The van der Waals surface area contributed by atoms with Crippen molar-refractivity contribution in [3.8, 4) is 0 Å². The second-order valence-electron chi connectivity index (χ2n) is 5.21. The molecule has 0 fully saturated rings. The Hall–Kier alpha value is -0.296. The summed E-state index contributed by atoms with van der Waals surface area (Å²) < 4.78 is 7.16. The van der Waals surface area contributed by atoms with Gasteiger partial charge in [-0.05, 0) is 19.6 Å². The van der Waals surface area contributed by atoms with Gasteiger partial charge >= 0.3 is 6.09 Å². The van der Waals surface area contributed by atoms with E-state index in [1.165, 1.54) is 0 Å². The zero-order valence-electron chi connectivity index (χ0n) is 9.76. The smallest absolute Gasteiger partial charge is 0.387 e. The molecular weight excluding hydrogens is 198 g/mol. The molecule has 0 saturated heterocycles. The van der Waals surface area contributed by atoms with Gasteiger partial charge in [0.15, 0.2) is 8.24 Å². The minimum absolute atomic E-state index is 0.154. The molecule has 0 N–H and O–H groups in total. The van der Waals surface area contributed by atoms with Crippen LogP contribution in [0.1, 0.15) is 0 Å². The van der Waals surface area contributed by atoms with Crippen LogP contribution in [0.5, 0.6) is 0 Å². The third-order valence-corrected chi connectivity index (χ3v) is 4.66. The van der Waals surface area contributed by atoms with Gasteiger partial charge in [0.1, 0.15) is 0 Å². The van der Waals surface area contributed by atoms with Crippen LogP contribution < -0.4 is 0 Å². The van der Waals surface area contributed by atoms with Crippen LogP contribution in [0.3, 0.4) is 0 Å². The predicted octanol–water partition coefficient (Wildman–Crippen LogP) is 2.72. The van der Waals surface area contributed by atoms with E-state index >= 15 is 0 Å². The van der Waals surface area contributed by atoms with Gasteiger partial charge < -0.3 is 8.99 Å². The Kier molecular flexibility index (Phi) is 3.75. The first kappa shape index (κ1) is 12.7. The molecule has 0 aromatic rings. The molecule has 0 aliphatic rings. The molecule has 0 aromatic heterocycles. The normalized spacial score (nSPS) is 12.5. The summed E-state index contributed by atoms with van der Waals surface area (Å²) in [7, 11) is -1.45. The minimum Gasteiger partial charge on any atom is -0.505 e. The van der Waals surface area contributed by atoms with E-state index in [2.05, 4.69) is 19.6 Å². The van der Waals surface area contributed by atoms with Crippen LogP contribution >= 0.6 is 0 Å². The van der Waals surface area contributed by atoms with Crippen molar-refractivity contribution in [3.63, 3.8) is 0 Å². The van der Waals surface area contributed by atoms with Crippen molar-refractivity contribution in [2.45, 2.75) is 39.3 Å². The lowest BCUT2D eigenvalue weighted by atomic mass is 11.1. The van der Waals surface area contributed by atoms with Crippen LogP contribution in [0.15, 0.2) is 0 Å². The monoisotopic (exact) mass is 219 g/mol. The Balaban J connectivity index is 4.30. The van der Waals surface area contributed by atoms with Crippen molar-refractivity contribution in [2.75, 3.05) is 7.05 Å². The predicted molar refractivity (Wildman–Crippen MR) is 60.9 cm³/mol. The van der Waals surface area contributed by atoms with Crippen molar-refractivity contribution in [1.82, 2.24) is 4.57 Å². The largest absolute Gasteiger partial charge is 0.505 e. The fourth-order valence-corrected chi connectivity index (χ4v) is 1.95. The van der Waals surface area contributed by atoms with Crippen LogP contribution in [-0.4, -0.2) is 34.3 Å². The van der Waals surface area contributed by atoms with E-state index in [1.807, 2.05) is 26.7 Å². The van der Waals surface area contributed by atoms with Gasteiger partial charge in [0.25, 0.3) is 0 Å². The van der Waals surface area contributed by atoms with Crippen LogP contribution in [0.25, 0.3) is 0 Å². The molecule has 5 heteroatoms. The SMILES string of the molecule is CN(C(=O)O[Si](C)(C)C)[Si](C)(C)C. The first-order valence-electron chi connectivity index (χ1n) is 4.51. The summed E-state index contributed by atoms with van der Waals surface area (Å²) in [5, 5.41) is 0. The fourth-order valence-electron chi connectivity index (χ4n) is 0.604. The van der Waals surface area contributed by atoms with Crippen molar-refractivity contribution >= 4 is 22.6 Å². The number of carbonyl (C=O) groups excluding carboxylic acids is 1. The maximum absolute atomic E-state index is 11.6. The molecule has 78 valence electrons. The number of hydrogen-bond acceptors (Lipinski definition) is 2. The summed E-state index contributed by atoms with van der Waals surface area (Å²) in [6.07, 6.45) is -0.154. The Labute approximate surface area is 83.3 Å². The van der Waals surface area contributed by atoms with Gasteiger partial charge in [-0.25, -0.2) is 4.79 Å². The maximum atomic E-state index is 11.6. The Morgan fingerprint density at radius 1 is 1.08 bits per heavy atom. The molecule has 0 aromatic carbocycles. The second-order valence-corrected chi connectivity index (χ2v) is 14.7. The fraction of sp³-hybridized carbons (Fsp3) is 0.875. The highest BCUT2D eigenvalue weighted by atomic mass is 28.4. The molecular formula is C8H21NO2Si2. The lowest BCUT2D eigenvalue weighted by Crippen LogP contribution is -2.49. The van der Waals surface area contributed by atoms with Gasteiger partial charge in [-0.3, -0.25) is 0 Å². The van der Waals surface area contributed by atoms with Crippen LogP contribution in [0.2, 0.25) is 39.3 Å². The summed E-state index contributed by atoms with van der Waals surface area (Å²) in [6, 6.07) is 0. The summed E-state index contributed by atoms with van der Waals surface area (Å²) >= 11 is 0. The van der Waals surface area contributed by atoms with E-state index in [9.17, 15) is 4.79 Å². The van der Waals surface area contributed by atoms with Gasteiger partial charge in [0.05, 0.1) is 0 Å². The average molecular weight is 219 g/mol. The molecule has 0 aliphatic carbocycles. The highest BCUT2D eigenvalue weighted by Crippen LogP contribution is 2.11. The van der Waals surface area contributed by atoms with E-state index in [0.29, 0.717) is 0 Å². The quantitative estimate of drug-likeness (QED) is 0.668. The summed E-state index contributed by atoms with van der Waals surface area (Å²) in [6.45, 7) is 12.4.